The Morgan fingerprint density at radius 1 is 1.00 bits per heavy atom. The van der Waals surface area contributed by atoms with E-state index in [1.54, 1.807) is 0 Å². The summed E-state index contributed by atoms with van der Waals surface area (Å²) in [5.41, 5.74) is 0. The first kappa shape index (κ1) is 23.4. The lowest BCUT2D eigenvalue weighted by Gasteiger charge is -2.30. The van der Waals surface area contributed by atoms with Crippen LogP contribution in [0.25, 0.3) is 0 Å². The van der Waals surface area contributed by atoms with Crippen molar-refractivity contribution < 1.29 is 26.4 Å². The molecule has 2 fully saturated rings. The van der Waals surface area contributed by atoms with E-state index in [0.717, 1.165) is 0 Å². The predicted octanol–water partition coefficient (Wildman–Crippen LogP) is 0.519. The average Bonchev–Trinajstić information content (AvgIpc) is 2.74. The first-order chi connectivity index (χ1) is 14.2. The highest BCUT2D eigenvalue weighted by Gasteiger charge is 2.32. The Morgan fingerprint density at radius 2 is 1.60 bits per heavy atom. The van der Waals surface area contributed by atoms with Crippen molar-refractivity contribution >= 4 is 37.6 Å². The molecular formula is C18H26ClN3O6S2. The van der Waals surface area contributed by atoms with Gasteiger partial charge in [0, 0.05) is 43.7 Å². The second-order valence-electron chi connectivity index (χ2n) is 7.25. The van der Waals surface area contributed by atoms with E-state index >= 15 is 0 Å². The number of benzene rings is 1. The van der Waals surface area contributed by atoms with Crippen LogP contribution in [0.5, 0.6) is 0 Å². The number of hydrogen-bond acceptors (Lipinski definition) is 6. The van der Waals surface area contributed by atoms with E-state index in [9.17, 15) is 21.6 Å². The Balaban J connectivity index is 1.46. The second kappa shape index (κ2) is 9.92. The molecule has 2 saturated heterocycles. The summed E-state index contributed by atoms with van der Waals surface area (Å²) < 4.78 is 57.9. The van der Waals surface area contributed by atoms with Crippen molar-refractivity contribution in [1.82, 2.24) is 13.9 Å². The molecule has 2 aliphatic heterocycles. The van der Waals surface area contributed by atoms with Gasteiger partial charge >= 0.3 is 0 Å². The van der Waals surface area contributed by atoms with E-state index in [1.807, 2.05) is 0 Å². The summed E-state index contributed by atoms with van der Waals surface area (Å²) in [4.78, 5) is 12.6. The molecule has 1 aromatic carbocycles. The summed E-state index contributed by atoms with van der Waals surface area (Å²) in [5, 5.41) is 3.14. The van der Waals surface area contributed by atoms with Gasteiger partial charge < -0.3 is 10.1 Å². The summed E-state index contributed by atoms with van der Waals surface area (Å²) in [6.45, 7) is 1.91. The van der Waals surface area contributed by atoms with Crippen LogP contribution in [-0.2, 0) is 29.6 Å². The van der Waals surface area contributed by atoms with Crippen molar-refractivity contribution in [3.05, 3.63) is 29.3 Å². The third-order valence-corrected chi connectivity index (χ3v) is 9.34. The van der Waals surface area contributed by atoms with Crippen LogP contribution in [0.4, 0.5) is 0 Å². The average molecular weight is 480 g/mol. The Labute approximate surface area is 182 Å². The van der Waals surface area contributed by atoms with Crippen molar-refractivity contribution in [2.45, 2.75) is 17.7 Å². The molecule has 1 N–H and O–H groups in total. The van der Waals surface area contributed by atoms with Gasteiger partial charge in [-0.25, -0.2) is 16.8 Å². The van der Waals surface area contributed by atoms with Gasteiger partial charge in [-0.3, -0.25) is 4.79 Å². The largest absolute Gasteiger partial charge is 0.379 e. The Bertz CT molecular complexity index is 939. The molecule has 30 heavy (non-hydrogen) atoms. The minimum atomic E-state index is -3.63. The molecule has 0 radical (unpaired) electrons. The van der Waals surface area contributed by atoms with Gasteiger partial charge in [0.15, 0.2) is 0 Å². The number of sulfonamides is 2. The summed E-state index contributed by atoms with van der Waals surface area (Å²) >= 11 is 5.82. The summed E-state index contributed by atoms with van der Waals surface area (Å²) in [5.74, 6) is -0.744. The molecule has 1 amide bonds. The standard InChI is InChI=1S/C18H26ClN3O6S2/c19-16-1-3-17(4-2-16)30(26,27)22-8-5-15(6-9-22)18(23)20-7-14-29(24,25)21-10-12-28-13-11-21/h1-4,15H,5-14H2,(H,20,23). The van der Waals surface area contributed by atoms with Crippen LogP contribution >= 0.6 is 11.6 Å². The van der Waals surface area contributed by atoms with Crippen LogP contribution in [0.15, 0.2) is 29.2 Å². The number of ether oxygens (including phenoxy) is 1. The topological polar surface area (TPSA) is 113 Å². The smallest absolute Gasteiger partial charge is 0.243 e. The lowest BCUT2D eigenvalue weighted by atomic mass is 9.97. The zero-order valence-electron chi connectivity index (χ0n) is 16.5. The number of halogens is 1. The van der Waals surface area contributed by atoms with Crippen molar-refractivity contribution in [2.24, 2.45) is 5.92 Å². The SMILES string of the molecule is O=C(NCCS(=O)(=O)N1CCOCC1)C1CCN(S(=O)(=O)c2ccc(Cl)cc2)CC1. The maximum atomic E-state index is 12.7. The van der Waals surface area contributed by atoms with Gasteiger partial charge in [0.1, 0.15) is 0 Å². The van der Waals surface area contributed by atoms with Crippen molar-refractivity contribution in [1.29, 1.82) is 0 Å². The maximum Gasteiger partial charge on any atom is 0.243 e. The first-order valence-electron chi connectivity index (χ1n) is 9.79. The van der Waals surface area contributed by atoms with Crippen molar-refractivity contribution in [3.63, 3.8) is 0 Å². The molecule has 0 atom stereocenters. The zero-order valence-corrected chi connectivity index (χ0v) is 18.9. The summed E-state index contributed by atoms with van der Waals surface area (Å²) in [6.07, 6.45) is 0.768. The van der Waals surface area contributed by atoms with Crippen LogP contribution in [-0.4, -0.2) is 83.0 Å². The summed E-state index contributed by atoms with van der Waals surface area (Å²) in [7, 11) is -7.06. The van der Waals surface area contributed by atoms with E-state index in [1.165, 1.54) is 32.9 Å². The molecule has 9 nitrogen and oxygen atoms in total. The number of nitrogens with one attached hydrogen (secondary N) is 1. The van der Waals surface area contributed by atoms with Gasteiger partial charge in [0.2, 0.25) is 26.0 Å². The third kappa shape index (κ3) is 5.71. The van der Waals surface area contributed by atoms with Crippen molar-refractivity contribution in [3.8, 4) is 0 Å². The molecule has 1 aromatic rings. The van der Waals surface area contributed by atoms with E-state index in [0.29, 0.717) is 44.2 Å². The number of morpholine rings is 1. The molecule has 0 bridgehead atoms. The zero-order chi connectivity index (χ0) is 21.8. The summed E-state index contributed by atoms with van der Waals surface area (Å²) in [6, 6.07) is 5.98. The van der Waals surface area contributed by atoms with Gasteiger partial charge in [-0.2, -0.15) is 8.61 Å². The molecule has 2 aliphatic rings. The number of rotatable bonds is 7. The highest BCUT2D eigenvalue weighted by Crippen LogP contribution is 2.24. The predicted molar refractivity (Wildman–Crippen MR) is 112 cm³/mol. The number of hydrogen-bond donors (Lipinski definition) is 1. The normalized spacial score (nSPS) is 20.2. The maximum absolute atomic E-state index is 12.7. The highest BCUT2D eigenvalue weighted by atomic mass is 35.5. The van der Waals surface area contributed by atoms with Gasteiger partial charge in [-0.15, -0.1) is 0 Å². The van der Waals surface area contributed by atoms with Gasteiger partial charge in [0.05, 0.1) is 23.9 Å². The number of carbonyl (C=O) groups is 1. The molecule has 0 saturated carbocycles. The van der Waals surface area contributed by atoms with E-state index in [2.05, 4.69) is 5.32 Å². The Kier molecular flexibility index (Phi) is 7.75. The molecule has 0 aliphatic carbocycles. The Hall–Kier alpha value is -1.24. The van der Waals surface area contributed by atoms with E-state index < -0.39 is 20.0 Å². The van der Waals surface area contributed by atoms with Gasteiger partial charge in [-0.1, -0.05) is 11.6 Å². The fourth-order valence-electron chi connectivity index (χ4n) is 3.52. The molecule has 3 rings (SSSR count). The fraction of sp³-hybridized carbons (Fsp3) is 0.611. The molecular weight excluding hydrogens is 454 g/mol. The first-order valence-corrected chi connectivity index (χ1v) is 13.2. The fourth-order valence-corrected chi connectivity index (χ4v) is 6.43. The Morgan fingerprint density at radius 3 is 2.20 bits per heavy atom. The van der Waals surface area contributed by atoms with Crippen LogP contribution < -0.4 is 5.32 Å². The van der Waals surface area contributed by atoms with Crippen LogP contribution in [0, 0.1) is 5.92 Å². The van der Waals surface area contributed by atoms with Crippen LogP contribution in [0.3, 0.4) is 0 Å². The van der Waals surface area contributed by atoms with Crippen LogP contribution in [0.1, 0.15) is 12.8 Å². The highest BCUT2D eigenvalue weighted by molar-refractivity contribution is 7.89. The van der Waals surface area contributed by atoms with Gasteiger partial charge in [0.25, 0.3) is 0 Å². The number of nitrogens with zero attached hydrogens (tertiary/aromatic N) is 2. The monoisotopic (exact) mass is 479 g/mol. The van der Waals surface area contributed by atoms with Gasteiger partial charge in [-0.05, 0) is 37.1 Å². The number of carbonyl (C=O) groups excluding carboxylic acids is 1. The number of amides is 1. The van der Waals surface area contributed by atoms with E-state index in [4.69, 9.17) is 16.3 Å². The molecule has 168 valence electrons. The second-order valence-corrected chi connectivity index (χ2v) is 11.7. The third-order valence-electron chi connectivity index (χ3n) is 5.30. The quantitative estimate of drug-likeness (QED) is 0.610. The lowest BCUT2D eigenvalue weighted by molar-refractivity contribution is -0.125. The van der Waals surface area contributed by atoms with E-state index in [-0.39, 0.29) is 42.1 Å². The molecule has 2 heterocycles. The molecule has 0 aromatic heterocycles. The lowest BCUT2D eigenvalue weighted by Crippen LogP contribution is -2.45. The number of piperidine rings is 1. The minimum Gasteiger partial charge on any atom is -0.379 e. The molecule has 0 spiro atoms. The van der Waals surface area contributed by atoms with Crippen LogP contribution in [0.2, 0.25) is 5.02 Å². The minimum absolute atomic E-state index is 0.0296. The molecule has 12 heteroatoms. The van der Waals surface area contributed by atoms with Crippen molar-refractivity contribution in [2.75, 3.05) is 51.7 Å². The molecule has 0 unspecified atom stereocenters.